The largest absolute Gasteiger partial charge is 0.490 e. The van der Waals surface area contributed by atoms with Gasteiger partial charge in [-0.1, -0.05) is 32.3 Å². The van der Waals surface area contributed by atoms with E-state index in [9.17, 15) is 5.11 Å². The smallest absolute Gasteiger partial charge is 0.161 e. The van der Waals surface area contributed by atoms with E-state index in [2.05, 4.69) is 19.1 Å². The molecule has 2 unspecified atom stereocenters. The van der Waals surface area contributed by atoms with Gasteiger partial charge < -0.3 is 14.6 Å². The van der Waals surface area contributed by atoms with Gasteiger partial charge in [0, 0.05) is 0 Å². The average molecular weight is 306 g/mol. The minimum absolute atomic E-state index is 0.148. The van der Waals surface area contributed by atoms with E-state index in [1.54, 1.807) is 0 Å². The summed E-state index contributed by atoms with van der Waals surface area (Å²) in [4.78, 5) is 0. The van der Waals surface area contributed by atoms with Crippen molar-refractivity contribution in [2.75, 3.05) is 13.2 Å². The molecule has 22 heavy (non-hydrogen) atoms. The molecule has 3 heteroatoms. The van der Waals surface area contributed by atoms with Crippen LogP contribution in [0.5, 0.6) is 11.5 Å². The van der Waals surface area contributed by atoms with Crippen molar-refractivity contribution in [3.63, 3.8) is 0 Å². The lowest BCUT2D eigenvalue weighted by Crippen LogP contribution is -2.26. The number of hydrogen-bond donors (Lipinski definition) is 1. The summed E-state index contributed by atoms with van der Waals surface area (Å²) in [6.45, 7) is 5.52. The summed E-state index contributed by atoms with van der Waals surface area (Å²) in [5.74, 6) is 2.06. The van der Waals surface area contributed by atoms with E-state index in [4.69, 9.17) is 9.47 Å². The van der Waals surface area contributed by atoms with Gasteiger partial charge in [0.15, 0.2) is 11.5 Å². The predicted octanol–water partition coefficient (Wildman–Crippen LogP) is 4.36. The molecule has 0 heterocycles. The Labute approximate surface area is 134 Å². The first kappa shape index (κ1) is 17.1. The molecule has 1 aromatic carbocycles. The molecule has 0 radical (unpaired) electrons. The number of hydrogen-bond acceptors (Lipinski definition) is 3. The van der Waals surface area contributed by atoms with Crippen molar-refractivity contribution >= 4 is 0 Å². The first-order chi connectivity index (χ1) is 10.7. The summed E-state index contributed by atoms with van der Waals surface area (Å²) >= 11 is 0. The maximum atomic E-state index is 10.1. The molecule has 0 aromatic heterocycles. The van der Waals surface area contributed by atoms with Gasteiger partial charge in [0.05, 0.1) is 19.3 Å². The van der Waals surface area contributed by atoms with Gasteiger partial charge in [0.25, 0.3) is 0 Å². The third kappa shape index (κ3) is 4.91. The van der Waals surface area contributed by atoms with Crippen LogP contribution < -0.4 is 9.47 Å². The van der Waals surface area contributed by atoms with Gasteiger partial charge in [-0.05, 0) is 56.2 Å². The molecule has 124 valence electrons. The summed E-state index contributed by atoms with van der Waals surface area (Å²) in [6, 6.07) is 6.22. The second-order valence-corrected chi connectivity index (χ2v) is 6.23. The van der Waals surface area contributed by atoms with Crippen LogP contribution in [-0.2, 0) is 6.42 Å². The number of benzene rings is 1. The fourth-order valence-corrected chi connectivity index (χ4v) is 3.12. The van der Waals surface area contributed by atoms with Crippen LogP contribution in [0, 0.1) is 5.92 Å². The lowest BCUT2D eigenvalue weighted by molar-refractivity contribution is 0.0700. The fourth-order valence-electron chi connectivity index (χ4n) is 3.12. The Hall–Kier alpha value is -1.22. The van der Waals surface area contributed by atoms with Crippen molar-refractivity contribution < 1.29 is 14.6 Å². The van der Waals surface area contributed by atoms with Crippen molar-refractivity contribution in [2.45, 2.75) is 64.9 Å². The van der Waals surface area contributed by atoms with Crippen molar-refractivity contribution in [3.05, 3.63) is 23.8 Å². The van der Waals surface area contributed by atoms with Crippen molar-refractivity contribution in [3.8, 4) is 11.5 Å². The first-order valence-corrected chi connectivity index (χ1v) is 8.81. The lowest BCUT2D eigenvalue weighted by atomic mass is 9.82. The van der Waals surface area contributed by atoms with E-state index < -0.39 is 0 Å². The first-order valence-electron chi connectivity index (χ1n) is 8.81. The summed E-state index contributed by atoms with van der Waals surface area (Å²) < 4.78 is 11.6. The number of ether oxygens (including phenoxy) is 2. The standard InChI is InChI=1S/C19H30O3/c1-3-5-12-22-18-11-10-15(14-19(18)21-4-2)13-16-8-6-7-9-17(16)20/h10-11,14,16-17,20H,3-9,12-13H2,1-2H3. The zero-order valence-electron chi connectivity index (χ0n) is 14.0. The molecule has 0 spiro atoms. The molecule has 1 aromatic rings. The summed E-state index contributed by atoms with van der Waals surface area (Å²) in [7, 11) is 0. The molecule has 1 aliphatic rings. The minimum Gasteiger partial charge on any atom is -0.490 e. The maximum Gasteiger partial charge on any atom is 0.161 e. The number of aliphatic hydroxyl groups excluding tert-OH is 1. The summed E-state index contributed by atoms with van der Waals surface area (Å²) in [5, 5.41) is 10.1. The summed E-state index contributed by atoms with van der Waals surface area (Å²) in [5.41, 5.74) is 1.23. The number of aliphatic hydroxyl groups is 1. The maximum absolute atomic E-state index is 10.1. The SMILES string of the molecule is CCCCOc1ccc(CC2CCCCC2O)cc1OCC. The topological polar surface area (TPSA) is 38.7 Å². The van der Waals surface area contributed by atoms with E-state index in [-0.39, 0.29) is 6.10 Å². The van der Waals surface area contributed by atoms with Gasteiger partial charge in [-0.2, -0.15) is 0 Å². The molecule has 1 aliphatic carbocycles. The highest BCUT2D eigenvalue weighted by Crippen LogP contribution is 2.32. The van der Waals surface area contributed by atoms with Crippen LogP contribution in [0.15, 0.2) is 18.2 Å². The second-order valence-electron chi connectivity index (χ2n) is 6.23. The molecule has 0 bridgehead atoms. The highest BCUT2D eigenvalue weighted by molar-refractivity contribution is 5.43. The van der Waals surface area contributed by atoms with Gasteiger partial charge >= 0.3 is 0 Å². The predicted molar refractivity (Wildman–Crippen MR) is 89.7 cm³/mol. The molecule has 0 saturated heterocycles. The van der Waals surface area contributed by atoms with E-state index in [1.165, 1.54) is 12.0 Å². The van der Waals surface area contributed by atoms with Crippen LogP contribution in [0.3, 0.4) is 0 Å². The quantitative estimate of drug-likeness (QED) is 0.725. The Morgan fingerprint density at radius 1 is 1.09 bits per heavy atom. The van der Waals surface area contributed by atoms with Gasteiger partial charge in [0.2, 0.25) is 0 Å². The molecule has 2 atom stereocenters. The van der Waals surface area contributed by atoms with Crippen molar-refractivity contribution in [2.24, 2.45) is 5.92 Å². The van der Waals surface area contributed by atoms with Gasteiger partial charge in [-0.25, -0.2) is 0 Å². The van der Waals surface area contributed by atoms with Gasteiger partial charge in [-0.3, -0.25) is 0 Å². The third-order valence-corrected chi connectivity index (χ3v) is 4.43. The third-order valence-electron chi connectivity index (χ3n) is 4.43. The minimum atomic E-state index is -0.148. The van der Waals surface area contributed by atoms with Crippen LogP contribution in [0.1, 0.15) is 57.9 Å². The van der Waals surface area contributed by atoms with Gasteiger partial charge in [-0.15, -0.1) is 0 Å². The highest BCUT2D eigenvalue weighted by atomic mass is 16.5. The molecule has 3 nitrogen and oxygen atoms in total. The molecule has 1 fully saturated rings. The van der Waals surface area contributed by atoms with Crippen LogP contribution in [0.2, 0.25) is 0 Å². The Kier molecular flexibility index (Phi) is 7.04. The Bertz CT molecular complexity index is 444. The van der Waals surface area contributed by atoms with Gasteiger partial charge in [0.1, 0.15) is 0 Å². The molecular formula is C19H30O3. The zero-order chi connectivity index (χ0) is 15.8. The molecular weight excluding hydrogens is 276 g/mol. The van der Waals surface area contributed by atoms with E-state index >= 15 is 0 Å². The van der Waals surface area contributed by atoms with Crippen LogP contribution >= 0.6 is 0 Å². The van der Waals surface area contributed by atoms with Crippen molar-refractivity contribution in [1.29, 1.82) is 0 Å². The molecule has 2 rings (SSSR count). The highest BCUT2D eigenvalue weighted by Gasteiger charge is 2.23. The van der Waals surface area contributed by atoms with Crippen LogP contribution in [-0.4, -0.2) is 24.4 Å². The molecule has 0 aliphatic heterocycles. The fraction of sp³-hybridized carbons (Fsp3) is 0.684. The second kappa shape index (κ2) is 9.04. The molecule has 1 saturated carbocycles. The number of rotatable bonds is 8. The lowest BCUT2D eigenvalue weighted by Gasteiger charge is -2.27. The van der Waals surface area contributed by atoms with Crippen LogP contribution in [0.4, 0.5) is 0 Å². The van der Waals surface area contributed by atoms with E-state index in [1.807, 2.05) is 13.0 Å². The van der Waals surface area contributed by atoms with Crippen LogP contribution in [0.25, 0.3) is 0 Å². The average Bonchev–Trinajstić information content (AvgIpc) is 2.52. The van der Waals surface area contributed by atoms with E-state index in [0.29, 0.717) is 12.5 Å². The Balaban J connectivity index is 2.03. The Morgan fingerprint density at radius 3 is 2.64 bits per heavy atom. The monoisotopic (exact) mass is 306 g/mol. The zero-order valence-corrected chi connectivity index (χ0v) is 14.0. The molecule has 1 N–H and O–H groups in total. The normalized spacial score (nSPS) is 21.6. The summed E-state index contributed by atoms with van der Waals surface area (Å²) in [6.07, 6.45) is 7.43. The Morgan fingerprint density at radius 2 is 1.91 bits per heavy atom. The number of unbranched alkanes of at least 4 members (excludes halogenated alkanes) is 1. The molecule has 0 amide bonds. The van der Waals surface area contributed by atoms with E-state index in [0.717, 1.165) is 56.6 Å². The van der Waals surface area contributed by atoms with Crippen molar-refractivity contribution in [1.82, 2.24) is 0 Å².